The van der Waals surface area contributed by atoms with Gasteiger partial charge in [0.05, 0.1) is 17.9 Å². The fraction of sp³-hybridized carbons (Fsp3) is 0.421. The van der Waals surface area contributed by atoms with Crippen LogP contribution in [0.4, 0.5) is 5.69 Å². The SMILES string of the molecule is CCOC(=O)/C(C#N)=C1\C(=O)N2c3c1cccc3[C@@H](C)CC2(C)C. The molecule has 0 aromatic heterocycles. The van der Waals surface area contributed by atoms with E-state index >= 15 is 0 Å². The fourth-order valence-corrected chi connectivity index (χ4v) is 3.92. The second-order valence-corrected chi connectivity index (χ2v) is 6.88. The van der Waals surface area contributed by atoms with E-state index in [0.29, 0.717) is 11.5 Å². The van der Waals surface area contributed by atoms with Gasteiger partial charge in [0, 0.05) is 11.1 Å². The molecule has 1 amide bonds. The maximum atomic E-state index is 13.1. The molecule has 0 fully saturated rings. The second kappa shape index (κ2) is 5.48. The number of amides is 1. The Labute approximate surface area is 141 Å². The van der Waals surface area contributed by atoms with Gasteiger partial charge in [-0.1, -0.05) is 25.1 Å². The van der Waals surface area contributed by atoms with Gasteiger partial charge >= 0.3 is 5.97 Å². The summed E-state index contributed by atoms with van der Waals surface area (Å²) >= 11 is 0. The van der Waals surface area contributed by atoms with Crippen molar-refractivity contribution in [3.63, 3.8) is 0 Å². The van der Waals surface area contributed by atoms with Crippen molar-refractivity contribution in [2.75, 3.05) is 11.5 Å². The molecule has 0 bridgehead atoms. The van der Waals surface area contributed by atoms with Crippen molar-refractivity contribution in [2.45, 2.75) is 45.6 Å². The lowest BCUT2D eigenvalue weighted by molar-refractivity contribution is -0.138. The van der Waals surface area contributed by atoms with Gasteiger partial charge in [0.25, 0.3) is 5.91 Å². The number of rotatable bonds is 2. The van der Waals surface area contributed by atoms with Gasteiger partial charge in [0.1, 0.15) is 6.07 Å². The molecule has 5 heteroatoms. The Bertz CT molecular complexity index is 814. The monoisotopic (exact) mass is 324 g/mol. The van der Waals surface area contributed by atoms with E-state index in [-0.39, 0.29) is 29.2 Å². The Kier molecular flexibility index (Phi) is 3.71. The molecule has 0 spiro atoms. The minimum atomic E-state index is -0.744. The normalized spacial score (nSPS) is 22.7. The summed E-state index contributed by atoms with van der Waals surface area (Å²) in [6.07, 6.45) is 0.823. The highest BCUT2D eigenvalue weighted by atomic mass is 16.5. The van der Waals surface area contributed by atoms with E-state index in [2.05, 4.69) is 6.92 Å². The highest BCUT2D eigenvalue weighted by molar-refractivity contribution is 6.37. The first-order chi connectivity index (χ1) is 11.3. The zero-order valence-corrected chi connectivity index (χ0v) is 14.3. The fourth-order valence-electron chi connectivity index (χ4n) is 3.92. The molecule has 0 radical (unpaired) electrons. The molecular formula is C19H20N2O3. The number of nitriles is 1. The number of ether oxygens (including phenoxy) is 1. The number of hydrogen-bond donors (Lipinski definition) is 0. The predicted molar refractivity (Wildman–Crippen MR) is 90.2 cm³/mol. The van der Waals surface area contributed by atoms with Crippen LogP contribution in [0.15, 0.2) is 23.8 Å². The van der Waals surface area contributed by atoms with Crippen molar-refractivity contribution in [3.05, 3.63) is 34.9 Å². The van der Waals surface area contributed by atoms with Crippen molar-refractivity contribution in [1.29, 1.82) is 5.26 Å². The molecule has 0 saturated carbocycles. The lowest BCUT2D eigenvalue weighted by Gasteiger charge is -2.43. The van der Waals surface area contributed by atoms with Crippen molar-refractivity contribution in [3.8, 4) is 6.07 Å². The lowest BCUT2D eigenvalue weighted by atomic mass is 9.80. The van der Waals surface area contributed by atoms with E-state index in [1.807, 2.05) is 32.0 Å². The number of nitrogens with zero attached hydrogens (tertiary/aromatic N) is 2. The molecule has 2 heterocycles. The maximum Gasteiger partial charge on any atom is 0.349 e. The van der Waals surface area contributed by atoms with Crippen LogP contribution in [0.25, 0.3) is 5.57 Å². The summed E-state index contributed by atoms with van der Waals surface area (Å²) in [4.78, 5) is 27.0. The van der Waals surface area contributed by atoms with E-state index in [1.54, 1.807) is 17.9 Å². The molecule has 124 valence electrons. The van der Waals surface area contributed by atoms with Crippen molar-refractivity contribution >= 4 is 23.1 Å². The molecule has 5 nitrogen and oxygen atoms in total. The quantitative estimate of drug-likeness (QED) is 0.476. The molecule has 1 aromatic rings. The Balaban J connectivity index is 2.31. The Morgan fingerprint density at radius 3 is 2.79 bits per heavy atom. The van der Waals surface area contributed by atoms with Crippen molar-refractivity contribution in [1.82, 2.24) is 0 Å². The molecule has 0 N–H and O–H groups in total. The summed E-state index contributed by atoms with van der Waals surface area (Å²) in [6, 6.07) is 7.57. The van der Waals surface area contributed by atoms with Gasteiger partial charge in [0.2, 0.25) is 0 Å². The summed E-state index contributed by atoms with van der Waals surface area (Å²) in [7, 11) is 0. The summed E-state index contributed by atoms with van der Waals surface area (Å²) in [5, 5.41) is 9.47. The highest BCUT2D eigenvalue weighted by Crippen LogP contribution is 2.52. The second-order valence-electron chi connectivity index (χ2n) is 6.88. The van der Waals surface area contributed by atoms with Crippen LogP contribution in [0, 0.1) is 11.3 Å². The maximum absolute atomic E-state index is 13.1. The number of para-hydroxylation sites is 1. The van der Waals surface area contributed by atoms with E-state index in [4.69, 9.17) is 4.74 Å². The van der Waals surface area contributed by atoms with Gasteiger partial charge in [-0.05, 0) is 38.7 Å². The van der Waals surface area contributed by atoms with Gasteiger partial charge in [-0.3, -0.25) is 4.79 Å². The molecule has 24 heavy (non-hydrogen) atoms. The number of hydrogen-bond acceptors (Lipinski definition) is 4. The van der Waals surface area contributed by atoms with Gasteiger partial charge in [-0.15, -0.1) is 0 Å². The van der Waals surface area contributed by atoms with E-state index in [0.717, 1.165) is 17.7 Å². The zero-order chi connectivity index (χ0) is 17.6. The van der Waals surface area contributed by atoms with Crippen LogP contribution in [0.3, 0.4) is 0 Å². The molecule has 1 aromatic carbocycles. The molecule has 2 aliphatic heterocycles. The summed E-state index contributed by atoms with van der Waals surface area (Å²) < 4.78 is 4.97. The molecular weight excluding hydrogens is 304 g/mol. The molecule has 3 rings (SSSR count). The number of anilines is 1. The van der Waals surface area contributed by atoms with E-state index < -0.39 is 5.97 Å². The highest BCUT2D eigenvalue weighted by Gasteiger charge is 2.48. The van der Waals surface area contributed by atoms with Gasteiger partial charge in [-0.2, -0.15) is 5.26 Å². The standard InChI is InChI=1S/C19H20N2O3/c1-5-24-18(23)14(10-20)15-13-8-6-7-12-11(2)9-19(3,4)21(16(12)13)17(15)22/h6-8,11H,5,9H2,1-4H3/b15-14-/t11-/m0/s1. The van der Waals surface area contributed by atoms with Crippen LogP contribution in [0.1, 0.15) is 51.2 Å². The van der Waals surface area contributed by atoms with Gasteiger partial charge in [0.15, 0.2) is 5.57 Å². The van der Waals surface area contributed by atoms with Crippen molar-refractivity contribution < 1.29 is 14.3 Å². The first kappa shape index (κ1) is 16.3. The molecule has 1 atom stereocenters. The largest absolute Gasteiger partial charge is 0.462 e. The first-order valence-corrected chi connectivity index (χ1v) is 8.12. The van der Waals surface area contributed by atoms with Crippen LogP contribution >= 0.6 is 0 Å². The summed E-state index contributed by atoms with van der Waals surface area (Å²) in [6.45, 7) is 7.99. The zero-order valence-electron chi connectivity index (χ0n) is 14.3. The van der Waals surface area contributed by atoms with Crippen LogP contribution < -0.4 is 4.90 Å². The minimum absolute atomic E-state index is 0.157. The molecule has 0 aliphatic carbocycles. The van der Waals surface area contributed by atoms with Crippen molar-refractivity contribution in [2.24, 2.45) is 0 Å². The molecule has 0 saturated heterocycles. The third-order valence-electron chi connectivity index (χ3n) is 4.76. The van der Waals surface area contributed by atoms with E-state index in [1.165, 1.54) is 0 Å². The smallest absolute Gasteiger partial charge is 0.349 e. The van der Waals surface area contributed by atoms with E-state index in [9.17, 15) is 14.9 Å². The Morgan fingerprint density at radius 1 is 1.46 bits per heavy atom. The Hall–Kier alpha value is -2.61. The third kappa shape index (κ3) is 2.14. The van der Waals surface area contributed by atoms with Crippen LogP contribution in [0.5, 0.6) is 0 Å². The summed E-state index contributed by atoms with van der Waals surface area (Å²) in [5.74, 6) is -0.739. The number of carbonyl (C=O) groups is 2. The predicted octanol–water partition coefficient (Wildman–Crippen LogP) is 3.16. The van der Waals surface area contributed by atoms with Crippen LogP contribution in [0.2, 0.25) is 0 Å². The topological polar surface area (TPSA) is 70.4 Å². The number of esters is 1. The number of carbonyl (C=O) groups excluding carboxylic acids is 2. The average Bonchev–Trinajstić information content (AvgIpc) is 2.80. The Morgan fingerprint density at radius 2 is 2.17 bits per heavy atom. The number of benzene rings is 1. The third-order valence-corrected chi connectivity index (χ3v) is 4.76. The average molecular weight is 324 g/mol. The van der Waals surface area contributed by atoms with Gasteiger partial charge in [-0.25, -0.2) is 4.79 Å². The molecule has 0 unspecified atom stereocenters. The minimum Gasteiger partial charge on any atom is -0.462 e. The lowest BCUT2D eigenvalue weighted by Crippen LogP contribution is -2.49. The van der Waals surface area contributed by atoms with Crippen LogP contribution in [-0.4, -0.2) is 24.0 Å². The first-order valence-electron chi connectivity index (χ1n) is 8.12. The summed E-state index contributed by atoms with van der Waals surface area (Å²) in [5.41, 5.74) is 2.13. The van der Waals surface area contributed by atoms with Crippen LogP contribution in [-0.2, 0) is 14.3 Å². The van der Waals surface area contributed by atoms with Gasteiger partial charge < -0.3 is 9.64 Å². The molecule has 2 aliphatic rings.